The lowest BCUT2D eigenvalue weighted by molar-refractivity contribution is 0.101. The minimum Gasteiger partial charge on any atom is -0.295 e. The highest BCUT2D eigenvalue weighted by Crippen LogP contribution is 2.24. The number of anilines is 1. The van der Waals surface area contributed by atoms with Gasteiger partial charge in [-0.05, 0) is 31.2 Å². The molecular formula is C14H12ClNO3S. The Bertz CT molecular complexity index is 739. The van der Waals surface area contributed by atoms with Crippen LogP contribution in [0.2, 0.25) is 5.02 Å². The third kappa shape index (κ3) is 3.18. The Morgan fingerprint density at radius 2 is 1.65 bits per heavy atom. The minimum absolute atomic E-state index is 0.0717. The topological polar surface area (TPSA) is 63.2 Å². The first-order chi connectivity index (χ1) is 9.40. The largest absolute Gasteiger partial charge is 0.295 e. The van der Waals surface area contributed by atoms with Gasteiger partial charge in [0.05, 0.1) is 15.6 Å². The molecule has 2 aromatic rings. The maximum absolute atomic E-state index is 12.2. The van der Waals surface area contributed by atoms with Crippen molar-refractivity contribution in [3.05, 3.63) is 59.1 Å². The normalized spacial score (nSPS) is 11.1. The average Bonchev–Trinajstić information content (AvgIpc) is 2.41. The van der Waals surface area contributed by atoms with Crippen LogP contribution in [0.1, 0.15) is 17.3 Å². The molecule has 0 saturated carbocycles. The maximum Gasteiger partial charge on any atom is 0.261 e. The molecule has 104 valence electrons. The van der Waals surface area contributed by atoms with Crippen LogP contribution in [0.3, 0.4) is 0 Å². The van der Waals surface area contributed by atoms with Crippen LogP contribution in [0.25, 0.3) is 0 Å². The van der Waals surface area contributed by atoms with E-state index < -0.39 is 10.0 Å². The first-order valence-electron chi connectivity index (χ1n) is 5.78. The van der Waals surface area contributed by atoms with Gasteiger partial charge in [0.25, 0.3) is 10.0 Å². The Balaban J connectivity index is 2.31. The highest BCUT2D eigenvalue weighted by Gasteiger charge is 2.15. The molecule has 0 spiro atoms. The van der Waals surface area contributed by atoms with E-state index in [1.165, 1.54) is 31.2 Å². The van der Waals surface area contributed by atoms with E-state index in [1.54, 1.807) is 24.3 Å². The molecule has 0 amide bonds. The molecular weight excluding hydrogens is 298 g/mol. The molecule has 0 saturated heterocycles. The summed E-state index contributed by atoms with van der Waals surface area (Å²) in [5.74, 6) is -0.118. The second-order valence-corrected chi connectivity index (χ2v) is 6.26. The summed E-state index contributed by atoms with van der Waals surface area (Å²) in [5, 5.41) is 0.316. The lowest BCUT2D eigenvalue weighted by Gasteiger charge is -2.09. The number of carbonyl (C=O) groups is 1. The van der Waals surface area contributed by atoms with E-state index in [-0.39, 0.29) is 10.7 Å². The summed E-state index contributed by atoms with van der Waals surface area (Å²) in [7, 11) is -3.72. The summed E-state index contributed by atoms with van der Waals surface area (Å²) in [6.45, 7) is 1.42. The first-order valence-corrected chi connectivity index (χ1v) is 7.64. The van der Waals surface area contributed by atoms with Crippen molar-refractivity contribution in [1.82, 2.24) is 0 Å². The molecule has 0 radical (unpaired) electrons. The molecule has 2 aromatic carbocycles. The molecule has 0 atom stereocenters. The van der Waals surface area contributed by atoms with Crippen molar-refractivity contribution in [3.8, 4) is 0 Å². The number of carbonyl (C=O) groups excluding carboxylic acids is 1. The van der Waals surface area contributed by atoms with Gasteiger partial charge >= 0.3 is 0 Å². The molecule has 0 aliphatic heterocycles. The molecule has 0 unspecified atom stereocenters. The Morgan fingerprint density at radius 1 is 1.05 bits per heavy atom. The Morgan fingerprint density at radius 3 is 2.20 bits per heavy atom. The molecule has 4 nitrogen and oxygen atoms in total. The minimum atomic E-state index is -3.72. The van der Waals surface area contributed by atoms with Gasteiger partial charge in [-0.25, -0.2) is 8.42 Å². The van der Waals surface area contributed by atoms with E-state index in [2.05, 4.69) is 4.72 Å². The average molecular weight is 310 g/mol. The number of hydrogen-bond acceptors (Lipinski definition) is 3. The summed E-state index contributed by atoms with van der Waals surface area (Å²) in [4.78, 5) is 11.2. The van der Waals surface area contributed by atoms with Crippen LogP contribution in [0.15, 0.2) is 53.4 Å². The molecule has 0 aliphatic carbocycles. The zero-order valence-corrected chi connectivity index (χ0v) is 12.2. The van der Waals surface area contributed by atoms with E-state index in [0.29, 0.717) is 16.3 Å². The van der Waals surface area contributed by atoms with Crippen LogP contribution in [0.4, 0.5) is 5.69 Å². The van der Waals surface area contributed by atoms with Gasteiger partial charge in [-0.2, -0.15) is 0 Å². The quantitative estimate of drug-likeness (QED) is 0.881. The van der Waals surface area contributed by atoms with Crippen LogP contribution < -0.4 is 4.72 Å². The number of nitrogens with one attached hydrogen (secondary N) is 1. The van der Waals surface area contributed by atoms with Gasteiger partial charge in [-0.15, -0.1) is 0 Å². The highest BCUT2D eigenvalue weighted by atomic mass is 35.5. The van der Waals surface area contributed by atoms with E-state index in [0.717, 1.165) is 0 Å². The third-order valence-electron chi connectivity index (χ3n) is 2.69. The second-order valence-electron chi connectivity index (χ2n) is 4.17. The highest BCUT2D eigenvalue weighted by molar-refractivity contribution is 7.92. The lowest BCUT2D eigenvalue weighted by Crippen LogP contribution is -2.13. The number of halogens is 1. The lowest BCUT2D eigenvalue weighted by atomic mass is 10.2. The van der Waals surface area contributed by atoms with E-state index >= 15 is 0 Å². The van der Waals surface area contributed by atoms with Crippen molar-refractivity contribution in [1.29, 1.82) is 0 Å². The van der Waals surface area contributed by atoms with Crippen molar-refractivity contribution in [3.63, 3.8) is 0 Å². The molecule has 0 aliphatic rings. The van der Waals surface area contributed by atoms with Crippen molar-refractivity contribution in [2.24, 2.45) is 0 Å². The van der Waals surface area contributed by atoms with Crippen LogP contribution in [-0.2, 0) is 10.0 Å². The number of rotatable bonds is 4. The predicted molar refractivity (Wildman–Crippen MR) is 78.7 cm³/mol. The van der Waals surface area contributed by atoms with Gasteiger partial charge in [0, 0.05) is 5.56 Å². The zero-order chi connectivity index (χ0) is 14.8. The molecule has 1 N–H and O–H groups in total. The SMILES string of the molecule is CC(=O)c1ccc(S(=O)(=O)Nc2ccccc2Cl)cc1. The number of Topliss-reactive ketones (excluding diaryl/α,β-unsaturated/α-hetero) is 1. The molecule has 0 aromatic heterocycles. The van der Waals surface area contributed by atoms with Gasteiger partial charge in [-0.3, -0.25) is 9.52 Å². The van der Waals surface area contributed by atoms with Crippen LogP contribution in [0, 0.1) is 0 Å². The molecule has 2 rings (SSSR count). The van der Waals surface area contributed by atoms with Crippen molar-refractivity contribution >= 4 is 33.1 Å². The number of benzene rings is 2. The fourth-order valence-electron chi connectivity index (χ4n) is 1.62. The fourth-order valence-corrected chi connectivity index (χ4v) is 2.94. The van der Waals surface area contributed by atoms with Crippen molar-refractivity contribution < 1.29 is 13.2 Å². The van der Waals surface area contributed by atoms with E-state index in [9.17, 15) is 13.2 Å². The zero-order valence-electron chi connectivity index (χ0n) is 10.6. The van der Waals surface area contributed by atoms with Crippen molar-refractivity contribution in [2.75, 3.05) is 4.72 Å². The molecule has 20 heavy (non-hydrogen) atoms. The summed E-state index contributed by atoms with van der Waals surface area (Å²) in [6, 6.07) is 12.3. The van der Waals surface area contributed by atoms with Gasteiger partial charge in [0.15, 0.2) is 5.78 Å². The Kier molecular flexibility index (Phi) is 4.11. The molecule has 0 heterocycles. The smallest absolute Gasteiger partial charge is 0.261 e. The monoisotopic (exact) mass is 309 g/mol. The van der Waals surface area contributed by atoms with Crippen LogP contribution in [0.5, 0.6) is 0 Å². The fraction of sp³-hybridized carbons (Fsp3) is 0.0714. The molecule has 6 heteroatoms. The third-order valence-corrected chi connectivity index (χ3v) is 4.40. The van der Waals surface area contributed by atoms with Crippen LogP contribution >= 0.6 is 11.6 Å². The predicted octanol–water partition coefficient (Wildman–Crippen LogP) is 3.34. The summed E-state index contributed by atoms with van der Waals surface area (Å²) >= 11 is 5.91. The maximum atomic E-state index is 12.2. The molecule has 0 bridgehead atoms. The van der Waals surface area contributed by atoms with Gasteiger partial charge < -0.3 is 0 Å². The van der Waals surface area contributed by atoms with Crippen molar-refractivity contribution in [2.45, 2.75) is 11.8 Å². The first kappa shape index (κ1) is 14.6. The summed E-state index contributed by atoms with van der Waals surface area (Å²) < 4.78 is 26.8. The standard InChI is InChI=1S/C14H12ClNO3S/c1-10(17)11-6-8-12(9-7-11)20(18,19)16-14-5-3-2-4-13(14)15/h2-9,16H,1H3. The van der Waals surface area contributed by atoms with E-state index in [4.69, 9.17) is 11.6 Å². The molecule has 0 fully saturated rings. The summed E-state index contributed by atoms with van der Waals surface area (Å²) in [6.07, 6.45) is 0. The van der Waals surface area contributed by atoms with Gasteiger partial charge in [0.1, 0.15) is 0 Å². The van der Waals surface area contributed by atoms with Crippen LogP contribution in [-0.4, -0.2) is 14.2 Å². The van der Waals surface area contributed by atoms with E-state index in [1.807, 2.05) is 0 Å². The number of ketones is 1. The Hall–Kier alpha value is -1.85. The number of sulfonamides is 1. The summed E-state index contributed by atoms with van der Waals surface area (Å²) in [5.41, 5.74) is 0.770. The second kappa shape index (κ2) is 5.64. The number of hydrogen-bond donors (Lipinski definition) is 1. The van der Waals surface area contributed by atoms with Gasteiger partial charge in [0.2, 0.25) is 0 Å². The Labute approximate surface area is 122 Å². The van der Waals surface area contributed by atoms with Gasteiger partial charge in [-0.1, -0.05) is 35.9 Å². The number of para-hydroxylation sites is 1.